The van der Waals surface area contributed by atoms with Gasteiger partial charge in [-0.05, 0) is 37.5 Å². The summed E-state index contributed by atoms with van der Waals surface area (Å²) in [4.78, 5) is 25.2. The first-order valence-corrected chi connectivity index (χ1v) is 9.98. The molecule has 152 valence electrons. The van der Waals surface area contributed by atoms with Crippen molar-refractivity contribution in [2.45, 2.75) is 26.2 Å². The second-order valence-corrected chi connectivity index (χ2v) is 6.97. The van der Waals surface area contributed by atoms with Gasteiger partial charge in [0, 0.05) is 30.1 Å². The molecule has 2 aromatic carbocycles. The molecule has 0 saturated heterocycles. The number of fused-ring (bicyclic) bond motifs is 1. The van der Waals surface area contributed by atoms with E-state index in [1.54, 1.807) is 13.8 Å². The maximum absolute atomic E-state index is 12.6. The van der Waals surface area contributed by atoms with Crippen molar-refractivity contribution in [2.75, 3.05) is 13.2 Å². The molecule has 0 radical (unpaired) electrons. The Morgan fingerprint density at radius 3 is 2.10 bits per heavy atom. The van der Waals surface area contributed by atoms with Crippen molar-refractivity contribution in [1.29, 1.82) is 0 Å². The number of hydrogen-bond acceptors (Lipinski definition) is 4. The van der Waals surface area contributed by atoms with Crippen molar-refractivity contribution in [3.8, 4) is 0 Å². The van der Waals surface area contributed by atoms with Gasteiger partial charge in [0.25, 0.3) is 0 Å². The second kappa shape index (κ2) is 9.41. The lowest BCUT2D eigenvalue weighted by Crippen LogP contribution is -2.30. The van der Waals surface area contributed by atoms with Crippen LogP contribution in [-0.4, -0.2) is 29.7 Å². The predicted molar refractivity (Wildman–Crippen MR) is 113 cm³/mol. The zero-order valence-corrected chi connectivity index (χ0v) is 17.1. The highest BCUT2D eigenvalue weighted by molar-refractivity contribution is 5.95. The fourth-order valence-electron chi connectivity index (χ4n) is 3.79. The van der Waals surface area contributed by atoms with Crippen LogP contribution in [0.2, 0.25) is 0 Å². The summed E-state index contributed by atoms with van der Waals surface area (Å²) in [5, 5.41) is 1.11. The van der Waals surface area contributed by atoms with Crippen molar-refractivity contribution in [3.05, 3.63) is 71.9 Å². The van der Waals surface area contributed by atoms with E-state index >= 15 is 0 Å². The van der Waals surface area contributed by atoms with Crippen LogP contribution >= 0.6 is 0 Å². The molecule has 0 fully saturated rings. The molecule has 29 heavy (non-hydrogen) atoms. The topological polar surface area (TPSA) is 57.5 Å². The van der Waals surface area contributed by atoms with Crippen molar-refractivity contribution in [2.24, 2.45) is 13.0 Å². The molecule has 0 bridgehead atoms. The highest BCUT2D eigenvalue weighted by Crippen LogP contribution is 2.37. The summed E-state index contributed by atoms with van der Waals surface area (Å²) >= 11 is 0. The highest BCUT2D eigenvalue weighted by atomic mass is 16.6. The lowest BCUT2D eigenvalue weighted by molar-refractivity contribution is -0.162. The first-order valence-electron chi connectivity index (χ1n) is 9.98. The van der Waals surface area contributed by atoms with E-state index in [1.165, 1.54) is 0 Å². The first-order chi connectivity index (χ1) is 14.1. The van der Waals surface area contributed by atoms with E-state index in [9.17, 15) is 9.59 Å². The summed E-state index contributed by atoms with van der Waals surface area (Å²) in [6.07, 6.45) is 2.37. The smallest absolute Gasteiger partial charge is 0.320 e. The van der Waals surface area contributed by atoms with Crippen molar-refractivity contribution in [3.63, 3.8) is 0 Å². The number of rotatable bonds is 8. The van der Waals surface area contributed by atoms with E-state index in [4.69, 9.17) is 9.47 Å². The van der Waals surface area contributed by atoms with E-state index in [0.717, 1.165) is 22.0 Å². The summed E-state index contributed by atoms with van der Waals surface area (Å²) in [6.45, 7) is 3.91. The molecule has 3 rings (SSSR count). The number of hydrogen-bond donors (Lipinski definition) is 0. The van der Waals surface area contributed by atoms with Crippen LogP contribution in [0.4, 0.5) is 0 Å². The number of benzene rings is 2. The first kappa shape index (κ1) is 20.6. The Balaban J connectivity index is 2.08. The van der Waals surface area contributed by atoms with E-state index in [-0.39, 0.29) is 25.6 Å². The Hall–Kier alpha value is -3.08. The van der Waals surface area contributed by atoms with Crippen LogP contribution in [0.3, 0.4) is 0 Å². The molecule has 0 aliphatic heterocycles. The minimum atomic E-state index is -0.973. The van der Waals surface area contributed by atoms with Gasteiger partial charge in [-0.25, -0.2) is 0 Å². The van der Waals surface area contributed by atoms with Crippen molar-refractivity contribution >= 4 is 22.8 Å². The van der Waals surface area contributed by atoms with E-state index in [0.29, 0.717) is 0 Å². The van der Waals surface area contributed by atoms with Gasteiger partial charge in [0.05, 0.1) is 13.2 Å². The molecule has 0 N–H and O–H groups in total. The van der Waals surface area contributed by atoms with Crippen LogP contribution in [0, 0.1) is 5.92 Å². The maximum atomic E-state index is 12.6. The highest BCUT2D eigenvalue weighted by Gasteiger charge is 2.34. The number of aryl methyl sites for hydroxylation is 1. The number of esters is 2. The number of carbonyl (C=O) groups excluding carboxylic acids is 2. The monoisotopic (exact) mass is 393 g/mol. The van der Waals surface area contributed by atoms with Gasteiger partial charge in [0.1, 0.15) is 0 Å². The third kappa shape index (κ3) is 4.50. The van der Waals surface area contributed by atoms with Gasteiger partial charge in [0.2, 0.25) is 0 Å². The Bertz CT molecular complexity index is 959. The molecule has 0 aliphatic carbocycles. The summed E-state index contributed by atoms with van der Waals surface area (Å²) in [5.74, 6) is -2.19. The number of ether oxygens (including phenoxy) is 2. The summed E-state index contributed by atoms with van der Waals surface area (Å²) in [5.41, 5.74) is 3.22. The Labute approximate surface area is 171 Å². The minimum Gasteiger partial charge on any atom is -0.465 e. The number of para-hydroxylation sites is 1. The van der Waals surface area contributed by atoms with Crippen LogP contribution in [0.1, 0.15) is 37.3 Å². The molecule has 5 nitrogen and oxygen atoms in total. The fraction of sp³-hybridized carbons (Fsp3) is 0.333. The molecule has 1 unspecified atom stereocenters. The lowest BCUT2D eigenvalue weighted by atomic mass is 9.83. The Morgan fingerprint density at radius 2 is 1.48 bits per heavy atom. The summed E-state index contributed by atoms with van der Waals surface area (Å²) in [6, 6.07) is 18.1. The molecule has 5 heteroatoms. The predicted octanol–water partition coefficient (Wildman–Crippen LogP) is 4.44. The molecule has 3 aromatic rings. The van der Waals surface area contributed by atoms with Crippen LogP contribution in [0.5, 0.6) is 0 Å². The molecule has 0 amide bonds. The van der Waals surface area contributed by atoms with Gasteiger partial charge < -0.3 is 14.0 Å². The van der Waals surface area contributed by atoms with E-state index in [2.05, 4.69) is 22.9 Å². The van der Waals surface area contributed by atoms with Crippen LogP contribution in [0.15, 0.2) is 60.8 Å². The van der Waals surface area contributed by atoms with Crippen LogP contribution in [-0.2, 0) is 26.1 Å². The van der Waals surface area contributed by atoms with E-state index < -0.39 is 17.9 Å². The maximum Gasteiger partial charge on any atom is 0.320 e. The number of aromatic nitrogens is 1. The average molecular weight is 393 g/mol. The zero-order valence-electron chi connectivity index (χ0n) is 17.1. The van der Waals surface area contributed by atoms with Gasteiger partial charge in [0.15, 0.2) is 5.92 Å². The number of nitrogens with zero attached hydrogens (tertiary/aromatic N) is 1. The van der Waals surface area contributed by atoms with Crippen LogP contribution in [0.25, 0.3) is 10.9 Å². The van der Waals surface area contributed by atoms with Crippen molar-refractivity contribution in [1.82, 2.24) is 4.57 Å². The van der Waals surface area contributed by atoms with Gasteiger partial charge in [-0.15, -0.1) is 0 Å². The minimum absolute atomic E-state index is 0.152. The van der Waals surface area contributed by atoms with E-state index in [1.807, 2.05) is 49.5 Å². The lowest BCUT2D eigenvalue weighted by Gasteiger charge is -2.22. The van der Waals surface area contributed by atoms with Gasteiger partial charge in [-0.3, -0.25) is 9.59 Å². The number of carbonyl (C=O) groups is 2. The standard InChI is InChI=1S/C24H27NO4/c1-4-28-23(26)20(24(27)29-5-2)15-19(17-11-7-6-8-12-17)21-16-25(3)22-14-10-9-13-18(21)22/h6-14,16,19-20H,4-5,15H2,1-3H3. The largest absolute Gasteiger partial charge is 0.465 e. The molecular weight excluding hydrogens is 366 g/mol. The summed E-state index contributed by atoms with van der Waals surface area (Å²) in [7, 11) is 2.00. The molecule has 1 atom stereocenters. The second-order valence-electron chi connectivity index (χ2n) is 6.97. The quantitative estimate of drug-likeness (QED) is 0.419. The molecule has 0 aliphatic rings. The third-order valence-corrected chi connectivity index (χ3v) is 5.12. The fourth-order valence-corrected chi connectivity index (χ4v) is 3.79. The SMILES string of the molecule is CCOC(=O)C(CC(c1ccccc1)c1cn(C)c2ccccc12)C(=O)OCC. The summed E-state index contributed by atoms with van der Waals surface area (Å²) < 4.78 is 12.5. The van der Waals surface area contributed by atoms with Gasteiger partial charge >= 0.3 is 11.9 Å². The molecule has 0 spiro atoms. The Morgan fingerprint density at radius 1 is 0.897 bits per heavy atom. The van der Waals surface area contributed by atoms with Gasteiger partial charge in [-0.2, -0.15) is 0 Å². The molecular formula is C24H27NO4. The molecule has 1 aromatic heterocycles. The molecule has 1 heterocycles. The van der Waals surface area contributed by atoms with Crippen molar-refractivity contribution < 1.29 is 19.1 Å². The Kier molecular flexibility index (Phi) is 6.70. The normalized spacial score (nSPS) is 12.1. The molecule has 0 saturated carbocycles. The van der Waals surface area contributed by atoms with Crippen LogP contribution < -0.4 is 0 Å². The zero-order chi connectivity index (χ0) is 20.8. The average Bonchev–Trinajstić information content (AvgIpc) is 3.06. The third-order valence-electron chi connectivity index (χ3n) is 5.12. The van der Waals surface area contributed by atoms with Gasteiger partial charge in [-0.1, -0.05) is 48.5 Å².